The predicted molar refractivity (Wildman–Crippen MR) is 66.8 cm³/mol. The number of phenolic OH excluding ortho intramolecular Hbond substituents is 1. The minimum Gasteiger partial charge on any atom is -0.508 e. The van der Waals surface area contributed by atoms with Crippen LogP contribution >= 0.6 is 0 Å². The molecule has 0 aliphatic heterocycles. The molecule has 1 aromatic heterocycles. The van der Waals surface area contributed by atoms with Crippen LogP contribution in [0.5, 0.6) is 5.75 Å². The maximum absolute atomic E-state index is 11.7. The Morgan fingerprint density at radius 3 is 2.68 bits per heavy atom. The van der Waals surface area contributed by atoms with E-state index in [1.165, 1.54) is 0 Å². The number of aromatic nitrogens is 1. The fourth-order valence-corrected chi connectivity index (χ4v) is 1.68. The van der Waals surface area contributed by atoms with E-state index >= 15 is 0 Å². The minimum absolute atomic E-state index is 0.0238. The van der Waals surface area contributed by atoms with Crippen LogP contribution in [0.15, 0.2) is 36.7 Å². The van der Waals surface area contributed by atoms with Gasteiger partial charge < -0.3 is 14.5 Å². The molecule has 0 radical (unpaired) electrons. The number of hydroxylamine groups is 1. The lowest BCUT2D eigenvalue weighted by Crippen LogP contribution is -2.19. The molecule has 0 saturated carbocycles. The highest BCUT2D eigenvalue weighted by molar-refractivity contribution is 5.92. The zero-order valence-corrected chi connectivity index (χ0v) is 10.2. The molecule has 0 spiro atoms. The molecule has 0 aliphatic carbocycles. The number of amides is 1. The monoisotopic (exact) mass is 260 g/mol. The summed E-state index contributed by atoms with van der Waals surface area (Å²) in [6.07, 6.45) is 3.81. The molecule has 0 unspecified atom stereocenters. The van der Waals surface area contributed by atoms with E-state index in [4.69, 9.17) is 0 Å². The Labute approximate surface area is 109 Å². The summed E-state index contributed by atoms with van der Waals surface area (Å²) in [5.74, 6) is -0.766. The number of hydrogen-bond acceptors (Lipinski definition) is 4. The highest BCUT2D eigenvalue weighted by Crippen LogP contribution is 2.25. The third kappa shape index (κ3) is 2.57. The van der Waals surface area contributed by atoms with Gasteiger partial charge in [-0.1, -0.05) is 0 Å². The fraction of sp³-hybridized carbons (Fsp3) is 0.0769. The number of nitrogens with zero attached hydrogens (tertiary/aromatic N) is 1. The van der Waals surface area contributed by atoms with E-state index in [0.29, 0.717) is 11.3 Å². The molecule has 0 saturated heterocycles. The quantitative estimate of drug-likeness (QED) is 0.641. The van der Waals surface area contributed by atoms with Gasteiger partial charge in [0.2, 0.25) is 6.41 Å². The molecule has 6 heteroatoms. The van der Waals surface area contributed by atoms with Gasteiger partial charge >= 0.3 is 5.97 Å². The van der Waals surface area contributed by atoms with Crippen molar-refractivity contribution in [1.29, 1.82) is 0 Å². The largest absolute Gasteiger partial charge is 0.508 e. The van der Waals surface area contributed by atoms with Crippen LogP contribution in [0.1, 0.15) is 15.9 Å². The van der Waals surface area contributed by atoms with E-state index < -0.39 is 5.97 Å². The summed E-state index contributed by atoms with van der Waals surface area (Å²) < 4.78 is 1.74. The van der Waals surface area contributed by atoms with Gasteiger partial charge in [0.05, 0.1) is 5.56 Å². The third-order valence-corrected chi connectivity index (χ3v) is 2.69. The van der Waals surface area contributed by atoms with E-state index in [0.717, 1.165) is 0 Å². The average molecular weight is 260 g/mol. The van der Waals surface area contributed by atoms with E-state index in [1.807, 2.05) is 17.6 Å². The van der Waals surface area contributed by atoms with Gasteiger partial charge in [-0.15, -0.1) is 0 Å². The molecular weight excluding hydrogens is 248 g/mol. The van der Waals surface area contributed by atoms with Crippen LogP contribution in [0.25, 0.3) is 5.69 Å². The van der Waals surface area contributed by atoms with Gasteiger partial charge in [0.15, 0.2) is 0 Å². The topological polar surface area (TPSA) is 80.6 Å². The van der Waals surface area contributed by atoms with Crippen LogP contribution in [0.3, 0.4) is 0 Å². The molecule has 1 aromatic carbocycles. The van der Waals surface area contributed by atoms with Gasteiger partial charge in [-0.3, -0.25) is 4.79 Å². The van der Waals surface area contributed by atoms with Crippen molar-refractivity contribution in [3.05, 3.63) is 47.8 Å². The van der Waals surface area contributed by atoms with Crippen molar-refractivity contribution in [3.8, 4) is 11.4 Å². The first-order valence-corrected chi connectivity index (χ1v) is 5.51. The summed E-state index contributed by atoms with van der Waals surface area (Å²) in [6.45, 7) is 1.59. The summed E-state index contributed by atoms with van der Waals surface area (Å²) in [5.41, 5.74) is 3.01. The maximum Gasteiger partial charge on any atom is 0.363 e. The van der Waals surface area contributed by atoms with Gasteiger partial charge in [0.25, 0.3) is 0 Å². The number of carbonyl (C=O) groups is 2. The number of aromatic hydroxyl groups is 1. The molecule has 1 heterocycles. The van der Waals surface area contributed by atoms with E-state index in [1.54, 1.807) is 36.0 Å². The second kappa shape index (κ2) is 5.26. The minimum atomic E-state index is -0.742. The highest BCUT2D eigenvalue weighted by Gasteiger charge is 2.15. The lowest BCUT2D eigenvalue weighted by atomic mass is 10.1. The van der Waals surface area contributed by atoms with Crippen molar-refractivity contribution in [1.82, 2.24) is 10.0 Å². The van der Waals surface area contributed by atoms with Crippen molar-refractivity contribution in [2.45, 2.75) is 6.92 Å². The first kappa shape index (κ1) is 12.7. The van der Waals surface area contributed by atoms with Crippen LogP contribution in [0, 0.1) is 6.92 Å². The third-order valence-electron chi connectivity index (χ3n) is 2.69. The average Bonchev–Trinajstić information content (AvgIpc) is 2.93. The Balaban J connectivity index is 2.43. The summed E-state index contributed by atoms with van der Waals surface area (Å²) in [4.78, 5) is 26.3. The number of benzene rings is 1. The Morgan fingerprint density at radius 2 is 2.05 bits per heavy atom. The fourth-order valence-electron chi connectivity index (χ4n) is 1.68. The Bertz CT molecular complexity index is 605. The number of rotatable bonds is 4. The summed E-state index contributed by atoms with van der Waals surface area (Å²) in [7, 11) is 0. The standard InChI is InChI=1S/C13H12N2O4/c1-9-11(13(18)19-14-8-16)6-10(7-12(9)17)15-4-2-3-5-15/h2-8,17H,1H3,(H,14,16). The van der Waals surface area contributed by atoms with Crippen molar-refractivity contribution >= 4 is 12.4 Å². The number of phenols is 1. The van der Waals surface area contributed by atoms with Crippen LogP contribution in [0.4, 0.5) is 0 Å². The first-order valence-electron chi connectivity index (χ1n) is 5.51. The smallest absolute Gasteiger partial charge is 0.363 e. The molecular formula is C13H12N2O4. The summed E-state index contributed by atoms with van der Waals surface area (Å²) in [5, 5.41) is 9.84. The van der Waals surface area contributed by atoms with Crippen LogP contribution in [-0.4, -0.2) is 22.1 Å². The molecule has 6 nitrogen and oxygen atoms in total. The van der Waals surface area contributed by atoms with Crippen molar-refractivity contribution in [2.75, 3.05) is 0 Å². The lowest BCUT2D eigenvalue weighted by Gasteiger charge is -2.10. The Hall–Kier alpha value is -2.76. The molecule has 2 aromatic rings. The highest BCUT2D eigenvalue weighted by atomic mass is 16.7. The van der Waals surface area contributed by atoms with Gasteiger partial charge in [-0.05, 0) is 25.1 Å². The summed E-state index contributed by atoms with van der Waals surface area (Å²) in [6, 6.07) is 6.76. The van der Waals surface area contributed by atoms with E-state index in [2.05, 4.69) is 4.84 Å². The molecule has 0 aliphatic rings. The van der Waals surface area contributed by atoms with Gasteiger partial charge in [0, 0.05) is 29.7 Å². The Morgan fingerprint density at radius 1 is 1.37 bits per heavy atom. The molecule has 2 N–H and O–H groups in total. The zero-order valence-electron chi connectivity index (χ0n) is 10.2. The van der Waals surface area contributed by atoms with E-state index in [9.17, 15) is 14.7 Å². The van der Waals surface area contributed by atoms with Gasteiger partial charge in [-0.25, -0.2) is 4.79 Å². The molecule has 0 fully saturated rings. The number of hydrogen-bond donors (Lipinski definition) is 2. The molecule has 2 rings (SSSR count). The second-order valence-electron chi connectivity index (χ2n) is 3.85. The molecule has 19 heavy (non-hydrogen) atoms. The van der Waals surface area contributed by atoms with Gasteiger partial charge in [0.1, 0.15) is 5.75 Å². The lowest BCUT2D eigenvalue weighted by molar-refractivity contribution is -0.117. The molecule has 0 atom stereocenters. The SMILES string of the molecule is Cc1c(O)cc(-n2cccc2)cc1C(=O)ONC=O. The second-order valence-corrected chi connectivity index (χ2v) is 3.85. The predicted octanol–water partition coefficient (Wildman–Crippen LogP) is 1.31. The zero-order chi connectivity index (χ0) is 13.8. The van der Waals surface area contributed by atoms with Crippen LogP contribution < -0.4 is 5.48 Å². The van der Waals surface area contributed by atoms with E-state index in [-0.39, 0.29) is 17.7 Å². The van der Waals surface area contributed by atoms with Gasteiger partial charge in [-0.2, -0.15) is 5.48 Å². The Kier molecular flexibility index (Phi) is 3.51. The van der Waals surface area contributed by atoms with Crippen molar-refractivity contribution in [3.63, 3.8) is 0 Å². The van der Waals surface area contributed by atoms with Crippen molar-refractivity contribution < 1.29 is 19.5 Å². The first-order chi connectivity index (χ1) is 9.13. The number of carbonyl (C=O) groups excluding carboxylic acids is 2. The molecule has 98 valence electrons. The van der Waals surface area contributed by atoms with Crippen LogP contribution in [-0.2, 0) is 9.63 Å². The molecule has 1 amide bonds. The normalized spacial score (nSPS) is 9.95. The van der Waals surface area contributed by atoms with Crippen LogP contribution in [0.2, 0.25) is 0 Å². The maximum atomic E-state index is 11.7. The number of nitrogens with one attached hydrogen (secondary N) is 1. The summed E-state index contributed by atoms with van der Waals surface area (Å²) >= 11 is 0. The van der Waals surface area contributed by atoms with Crippen molar-refractivity contribution in [2.24, 2.45) is 0 Å². The molecule has 0 bridgehead atoms.